The molecule has 1 aliphatic carbocycles. The zero-order chi connectivity index (χ0) is 17.1. The van der Waals surface area contributed by atoms with Gasteiger partial charge in [0.05, 0.1) is 17.1 Å². The number of ketones is 1. The van der Waals surface area contributed by atoms with Gasteiger partial charge in [-0.15, -0.1) is 0 Å². The van der Waals surface area contributed by atoms with E-state index in [4.69, 9.17) is 11.5 Å². The molecule has 0 heterocycles. The Morgan fingerprint density at radius 1 is 0.917 bits per heavy atom. The molecule has 2 aromatic rings. The van der Waals surface area contributed by atoms with Crippen LogP contribution in [0.3, 0.4) is 0 Å². The Kier molecular flexibility index (Phi) is 4.29. The number of allylic oxidation sites excluding steroid dienone is 3. The van der Waals surface area contributed by atoms with Gasteiger partial charge >= 0.3 is 0 Å². The lowest BCUT2D eigenvalue weighted by Crippen LogP contribution is -2.19. The van der Waals surface area contributed by atoms with E-state index in [-0.39, 0.29) is 5.78 Å². The summed E-state index contributed by atoms with van der Waals surface area (Å²) in [5.41, 5.74) is 17.0. The van der Waals surface area contributed by atoms with Crippen LogP contribution < -0.4 is 11.5 Å². The second-order valence-corrected chi connectivity index (χ2v) is 5.88. The molecule has 0 radical (unpaired) electrons. The van der Waals surface area contributed by atoms with Crippen molar-refractivity contribution in [2.45, 2.75) is 13.3 Å². The standard InChI is InChI=1S/C20H19N3O/c1-13-2-4-14(5-3-13)10-15-11-19(18(22)12-20(15)24)23-17-8-6-16(21)7-9-17/h2-9,11-12H,10,21-22H2,1H3. The number of rotatable bonds is 3. The number of anilines is 1. The lowest BCUT2D eigenvalue weighted by Gasteiger charge is -2.13. The molecule has 0 saturated carbocycles. The van der Waals surface area contributed by atoms with Gasteiger partial charge in [0.1, 0.15) is 0 Å². The second kappa shape index (κ2) is 6.54. The molecule has 4 nitrogen and oxygen atoms in total. The first-order chi connectivity index (χ1) is 11.5. The molecule has 0 aromatic heterocycles. The van der Waals surface area contributed by atoms with Crippen molar-refractivity contribution in [2.75, 3.05) is 5.73 Å². The molecule has 4 N–H and O–H groups in total. The maximum absolute atomic E-state index is 12.2. The van der Waals surface area contributed by atoms with Crippen molar-refractivity contribution in [3.05, 3.63) is 83.1 Å². The van der Waals surface area contributed by atoms with Crippen LogP contribution in [0.1, 0.15) is 11.1 Å². The quantitative estimate of drug-likeness (QED) is 0.673. The SMILES string of the molecule is Cc1ccc(CC2=CC(=Nc3ccc(N)cc3)C(N)=CC2=O)cc1. The van der Waals surface area contributed by atoms with E-state index < -0.39 is 0 Å². The molecule has 0 saturated heterocycles. The Morgan fingerprint density at radius 3 is 2.25 bits per heavy atom. The Hall–Kier alpha value is -3.14. The first-order valence-corrected chi connectivity index (χ1v) is 7.73. The highest BCUT2D eigenvalue weighted by molar-refractivity contribution is 6.22. The van der Waals surface area contributed by atoms with Gasteiger partial charge in [0, 0.05) is 23.8 Å². The van der Waals surface area contributed by atoms with E-state index >= 15 is 0 Å². The summed E-state index contributed by atoms with van der Waals surface area (Å²) in [4.78, 5) is 16.7. The number of aliphatic imine (C=N–C) groups is 1. The molecule has 120 valence electrons. The summed E-state index contributed by atoms with van der Waals surface area (Å²) in [6.07, 6.45) is 3.77. The Morgan fingerprint density at radius 2 is 1.58 bits per heavy atom. The molecule has 1 aliphatic rings. The molecule has 0 atom stereocenters. The minimum Gasteiger partial charge on any atom is -0.399 e. The first kappa shape index (κ1) is 15.7. The van der Waals surface area contributed by atoms with Gasteiger partial charge in [-0.3, -0.25) is 4.79 Å². The Balaban J connectivity index is 1.90. The van der Waals surface area contributed by atoms with Crippen LogP contribution >= 0.6 is 0 Å². The smallest absolute Gasteiger partial charge is 0.184 e. The van der Waals surface area contributed by atoms with Crippen molar-refractivity contribution in [3.63, 3.8) is 0 Å². The van der Waals surface area contributed by atoms with Crippen molar-refractivity contribution in [1.82, 2.24) is 0 Å². The summed E-state index contributed by atoms with van der Waals surface area (Å²) >= 11 is 0. The number of hydrogen-bond donors (Lipinski definition) is 2. The van der Waals surface area contributed by atoms with E-state index in [2.05, 4.69) is 4.99 Å². The van der Waals surface area contributed by atoms with Gasteiger partial charge in [0.2, 0.25) is 0 Å². The number of benzene rings is 2. The summed E-state index contributed by atoms with van der Waals surface area (Å²) in [5, 5.41) is 0. The number of nitrogens with two attached hydrogens (primary N) is 2. The molecule has 0 amide bonds. The molecule has 0 spiro atoms. The molecular weight excluding hydrogens is 298 g/mol. The fourth-order valence-electron chi connectivity index (χ4n) is 2.48. The Labute approximate surface area is 141 Å². The van der Waals surface area contributed by atoms with E-state index in [9.17, 15) is 4.79 Å². The maximum atomic E-state index is 12.2. The van der Waals surface area contributed by atoms with E-state index in [1.165, 1.54) is 11.6 Å². The highest BCUT2D eigenvalue weighted by atomic mass is 16.1. The van der Waals surface area contributed by atoms with Gasteiger partial charge in [-0.05, 0) is 42.8 Å². The van der Waals surface area contributed by atoms with E-state index in [0.717, 1.165) is 11.3 Å². The number of carbonyl (C=O) groups excluding carboxylic acids is 1. The van der Waals surface area contributed by atoms with Gasteiger partial charge in [-0.1, -0.05) is 29.8 Å². The molecule has 2 aromatic carbocycles. The Bertz CT molecular complexity index is 857. The predicted octanol–water partition coefficient (Wildman–Crippen LogP) is 3.24. The highest BCUT2D eigenvalue weighted by Crippen LogP contribution is 2.20. The molecule has 0 bridgehead atoms. The number of nitrogen functional groups attached to an aromatic ring is 1. The minimum absolute atomic E-state index is 0.0654. The highest BCUT2D eigenvalue weighted by Gasteiger charge is 2.17. The summed E-state index contributed by atoms with van der Waals surface area (Å²) < 4.78 is 0. The molecule has 4 heteroatoms. The first-order valence-electron chi connectivity index (χ1n) is 7.73. The number of carbonyl (C=O) groups is 1. The van der Waals surface area contributed by atoms with Gasteiger partial charge in [0.15, 0.2) is 5.78 Å². The fourth-order valence-corrected chi connectivity index (χ4v) is 2.48. The minimum atomic E-state index is -0.0654. The van der Waals surface area contributed by atoms with Crippen LogP contribution in [0.5, 0.6) is 0 Å². The number of aryl methyl sites for hydroxylation is 1. The lowest BCUT2D eigenvalue weighted by molar-refractivity contribution is -0.111. The summed E-state index contributed by atoms with van der Waals surface area (Å²) in [7, 11) is 0. The van der Waals surface area contributed by atoms with Gasteiger partial charge in [-0.25, -0.2) is 4.99 Å². The van der Waals surface area contributed by atoms with Crippen LogP contribution in [-0.4, -0.2) is 11.5 Å². The predicted molar refractivity (Wildman–Crippen MR) is 98.2 cm³/mol. The summed E-state index contributed by atoms with van der Waals surface area (Å²) in [5.74, 6) is -0.0654. The molecular formula is C20H19N3O. The van der Waals surface area contributed by atoms with Gasteiger partial charge < -0.3 is 11.5 Å². The summed E-state index contributed by atoms with van der Waals surface area (Å²) in [6, 6.07) is 15.3. The molecule has 0 unspecified atom stereocenters. The average Bonchev–Trinajstić information content (AvgIpc) is 2.56. The van der Waals surface area contributed by atoms with Crippen LogP contribution in [0, 0.1) is 6.92 Å². The van der Waals surface area contributed by atoms with Crippen LogP contribution in [0.25, 0.3) is 0 Å². The van der Waals surface area contributed by atoms with Crippen LogP contribution in [-0.2, 0) is 11.2 Å². The van der Waals surface area contributed by atoms with E-state index in [1.807, 2.05) is 43.3 Å². The van der Waals surface area contributed by atoms with E-state index in [1.54, 1.807) is 18.2 Å². The van der Waals surface area contributed by atoms with Crippen molar-refractivity contribution in [3.8, 4) is 0 Å². The van der Waals surface area contributed by atoms with Gasteiger partial charge in [0.25, 0.3) is 0 Å². The zero-order valence-corrected chi connectivity index (χ0v) is 13.5. The molecule has 3 rings (SSSR count). The van der Waals surface area contributed by atoms with Crippen molar-refractivity contribution < 1.29 is 4.79 Å². The van der Waals surface area contributed by atoms with Crippen LogP contribution in [0.4, 0.5) is 11.4 Å². The van der Waals surface area contributed by atoms with Gasteiger partial charge in [-0.2, -0.15) is 0 Å². The molecule has 0 fully saturated rings. The fraction of sp³-hybridized carbons (Fsp3) is 0.100. The zero-order valence-electron chi connectivity index (χ0n) is 13.5. The monoisotopic (exact) mass is 317 g/mol. The van der Waals surface area contributed by atoms with Crippen LogP contribution in [0.2, 0.25) is 0 Å². The number of hydrogen-bond acceptors (Lipinski definition) is 4. The third kappa shape index (κ3) is 3.60. The molecule has 0 aliphatic heterocycles. The van der Waals surface area contributed by atoms with Crippen molar-refractivity contribution in [1.29, 1.82) is 0 Å². The largest absolute Gasteiger partial charge is 0.399 e. The third-order valence-corrected chi connectivity index (χ3v) is 3.87. The van der Waals surface area contributed by atoms with Crippen molar-refractivity contribution in [2.24, 2.45) is 10.7 Å². The third-order valence-electron chi connectivity index (χ3n) is 3.87. The van der Waals surface area contributed by atoms with Crippen molar-refractivity contribution >= 4 is 22.9 Å². The number of nitrogens with zero attached hydrogens (tertiary/aromatic N) is 1. The van der Waals surface area contributed by atoms with Crippen LogP contribution in [0.15, 0.2) is 76.9 Å². The van der Waals surface area contributed by atoms with E-state index in [0.29, 0.717) is 29.1 Å². The summed E-state index contributed by atoms with van der Waals surface area (Å²) in [6.45, 7) is 2.04. The lowest BCUT2D eigenvalue weighted by atomic mass is 9.94. The normalized spacial score (nSPS) is 16.0. The second-order valence-electron chi connectivity index (χ2n) is 5.88. The average molecular weight is 317 g/mol. The maximum Gasteiger partial charge on any atom is 0.184 e. The molecule has 24 heavy (non-hydrogen) atoms. The topological polar surface area (TPSA) is 81.5 Å².